The second kappa shape index (κ2) is 5.10. The molecule has 1 aliphatic carbocycles. The Hall–Kier alpha value is -2.41. The van der Waals surface area contributed by atoms with E-state index in [2.05, 4.69) is 20.3 Å². The van der Waals surface area contributed by atoms with Gasteiger partial charge in [-0.3, -0.25) is 10.1 Å². The molecule has 0 saturated carbocycles. The summed E-state index contributed by atoms with van der Waals surface area (Å²) in [7, 11) is 0. The first-order chi connectivity index (χ1) is 10.7. The third kappa shape index (κ3) is 2.23. The number of thiazole rings is 1. The van der Waals surface area contributed by atoms with Gasteiger partial charge in [0.1, 0.15) is 5.52 Å². The Morgan fingerprint density at radius 1 is 1.27 bits per heavy atom. The van der Waals surface area contributed by atoms with Crippen LogP contribution in [-0.2, 0) is 12.8 Å². The van der Waals surface area contributed by atoms with Gasteiger partial charge in [-0.2, -0.15) is 0 Å². The fraction of sp³-hybridized carbons (Fsp3) is 0.267. The molecule has 0 radical (unpaired) electrons. The second-order valence-electron chi connectivity index (χ2n) is 5.37. The number of fused-ring (bicyclic) bond motifs is 2. The van der Waals surface area contributed by atoms with Crippen LogP contribution in [0.2, 0.25) is 0 Å². The molecule has 3 aromatic rings. The van der Waals surface area contributed by atoms with Gasteiger partial charge in [-0.05, 0) is 37.8 Å². The van der Waals surface area contributed by atoms with Gasteiger partial charge in [-0.25, -0.2) is 9.97 Å². The van der Waals surface area contributed by atoms with Crippen molar-refractivity contribution in [2.24, 2.45) is 0 Å². The van der Waals surface area contributed by atoms with Crippen LogP contribution in [0.5, 0.6) is 0 Å². The predicted molar refractivity (Wildman–Crippen MR) is 87.2 cm³/mol. The molecule has 2 aromatic heterocycles. The number of carbonyl (C=O) groups is 1. The van der Waals surface area contributed by atoms with E-state index in [0.717, 1.165) is 24.1 Å². The van der Waals surface area contributed by atoms with Crippen LogP contribution in [0, 0.1) is 0 Å². The second-order valence-corrected chi connectivity index (χ2v) is 6.46. The van der Waals surface area contributed by atoms with Gasteiger partial charge in [0.25, 0.3) is 5.91 Å². The minimum atomic E-state index is -0.205. The molecular weight excluding hydrogens is 298 g/mol. The number of aryl methyl sites for hydroxylation is 2. The highest BCUT2D eigenvalue weighted by atomic mass is 32.1. The zero-order valence-corrected chi connectivity index (χ0v) is 12.7. The molecular formula is C15H15N5OS. The number of hydrogen-bond donors (Lipinski definition) is 3. The standard InChI is InChI=1S/C15H15N5OS/c16-14-17-10-6-3-4-8(12(10)19-14)13(21)20-15-18-9-5-1-2-7-11(9)22-15/h3-4,6H,1-2,5,7H2,(H3,16,17,19)(H,18,20,21). The number of H-pyrrole nitrogens is 1. The summed E-state index contributed by atoms with van der Waals surface area (Å²) in [5, 5.41) is 3.55. The molecule has 1 aliphatic rings. The number of benzene rings is 1. The Morgan fingerprint density at radius 2 is 2.14 bits per heavy atom. The average Bonchev–Trinajstić information content (AvgIpc) is 3.07. The van der Waals surface area contributed by atoms with Gasteiger partial charge < -0.3 is 10.7 Å². The Bertz CT molecular complexity index is 843. The zero-order valence-electron chi connectivity index (χ0n) is 11.8. The van der Waals surface area contributed by atoms with Crippen molar-refractivity contribution in [2.75, 3.05) is 11.1 Å². The fourth-order valence-electron chi connectivity index (χ4n) is 2.80. The number of carbonyl (C=O) groups excluding carboxylic acids is 1. The first kappa shape index (κ1) is 13.3. The maximum atomic E-state index is 12.5. The molecule has 1 aromatic carbocycles. The lowest BCUT2D eigenvalue weighted by molar-refractivity contribution is 0.102. The van der Waals surface area contributed by atoms with Crippen LogP contribution in [0.25, 0.3) is 11.0 Å². The van der Waals surface area contributed by atoms with Crippen molar-refractivity contribution in [2.45, 2.75) is 25.7 Å². The summed E-state index contributed by atoms with van der Waals surface area (Å²) in [5.74, 6) is 0.100. The summed E-state index contributed by atoms with van der Waals surface area (Å²) in [6.45, 7) is 0. The van der Waals surface area contributed by atoms with Crippen molar-refractivity contribution < 1.29 is 4.79 Å². The molecule has 1 amide bonds. The number of rotatable bonds is 2. The van der Waals surface area contributed by atoms with E-state index in [1.165, 1.54) is 17.7 Å². The number of aromatic amines is 1. The third-order valence-corrected chi connectivity index (χ3v) is 4.91. The van der Waals surface area contributed by atoms with Crippen molar-refractivity contribution in [1.82, 2.24) is 15.0 Å². The van der Waals surface area contributed by atoms with E-state index < -0.39 is 0 Å². The number of hydrogen-bond acceptors (Lipinski definition) is 5. The van der Waals surface area contributed by atoms with E-state index in [4.69, 9.17) is 5.73 Å². The minimum Gasteiger partial charge on any atom is -0.369 e. The van der Waals surface area contributed by atoms with Gasteiger partial charge in [-0.1, -0.05) is 6.07 Å². The normalized spacial score (nSPS) is 14.0. The van der Waals surface area contributed by atoms with E-state index in [1.54, 1.807) is 17.4 Å². The summed E-state index contributed by atoms with van der Waals surface area (Å²) in [6.07, 6.45) is 4.45. The number of nitrogen functional groups attached to an aromatic ring is 1. The maximum Gasteiger partial charge on any atom is 0.259 e. The predicted octanol–water partition coefficient (Wildman–Crippen LogP) is 2.73. The fourth-order valence-corrected chi connectivity index (χ4v) is 3.85. The SMILES string of the molecule is Nc1nc2c(C(=O)Nc3nc4c(s3)CCCC4)cccc2[nH]1. The van der Waals surface area contributed by atoms with Crippen LogP contribution in [0.3, 0.4) is 0 Å². The summed E-state index contributed by atoms with van der Waals surface area (Å²) in [4.78, 5) is 25.5. The highest BCUT2D eigenvalue weighted by Gasteiger charge is 2.18. The lowest BCUT2D eigenvalue weighted by atomic mass is 10.0. The van der Waals surface area contributed by atoms with Crippen molar-refractivity contribution in [3.63, 3.8) is 0 Å². The van der Waals surface area contributed by atoms with Gasteiger partial charge in [0.05, 0.1) is 16.8 Å². The van der Waals surface area contributed by atoms with Crippen molar-refractivity contribution in [1.29, 1.82) is 0 Å². The number of aromatic nitrogens is 3. The van der Waals surface area contributed by atoms with Crippen molar-refractivity contribution >= 4 is 39.4 Å². The van der Waals surface area contributed by atoms with Crippen LogP contribution < -0.4 is 11.1 Å². The first-order valence-corrected chi connectivity index (χ1v) is 8.06. The minimum absolute atomic E-state index is 0.205. The number of nitrogens with zero attached hydrogens (tertiary/aromatic N) is 2. The number of nitrogens with two attached hydrogens (primary N) is 1. The maximum absolute atomic E-state index is 12.5. The van der Waals surface area contributed by atoms with Crippen LogP contribution in [0.15, 0.2) is 18.2 Å². The van der Waals surface area contributed by atoms with E-state index in [9.17, 15) is 4.79 Å². The van der Waals surface area contributed by atoms with Gasteiger partial charge in [0.2, 0.25) is 0 Å². The summed E-state index contributed by atoms with van der Waals surface area (Å²) in [6, 6.07) is 5.39. The van der Waals surface area contributed by atoms with Gasteiger partial charge >= 0.3 is 0 Å². The number of imidazole rings is 1. The molecule has 22 heavy (non-hydrogen) atoms. The molecule has 0 aliphatic heterocycles. The van der Waals surface area contributed by atoms with Crippen LogP contribution >= 0.6 is 11.3 Å². The largest absolute Gasteiger partial charge is 0.369 e. The van der Waals surface area contributed by atoms with Crippen LogP contribution in [0.4, 0.5) is 11.1 Å². The van der Waals surface area contributed by atoms with E-state index in [-0.39, 0.29) is 5.91 Å². The first-order valence-electron chi connectivity index (χ1n) is 7.25. The van der Waals surface area contributed by atoms with Gasteiger partial charge in [0, 0.05) is 4.88 Å². The smallest absolute Gasteiger partial charge is 0.259 e. The summed E-state index contributed by atoms with van der Waals surface area (Å²) in [5.41, 5.74) is 8.64. The molecule has 6 nitrogen and oxygen atoms in total. The Labute approximate surface area is 130 Å². The number of para-hydroxylation sites is 1. The molecule has 112 valence electrons. The molecule has 0 atom stereocenters. The molecule has 7 heteroatoms. The van der Waals surface area contributed by atoms with E-state index in [0.29, 0.717) is 22.2 Å². The lowest BCUT2D eigenvalue weighted by Gasteiger charge is -2.06. The highest BCUT2D eigenvalue weighted by Crippen LogP contribution is 2.30. The molecule has 0 unspecified atom stereocenters. The highest BCUT2D eigenvalue weighted by molar-refractivity contribution is 7.15. The average molecular weight is 313 g/mol. The monoisotopic (exact) mass is 313 g/mol. The van der Waals surface area contributed by atoms with Gasteiger partial charge in [-0.15, -0.1) is 11.3 Å². The lowest BCUT2D eigenvalue weighted by Crippen LogP contribution is -2.12. The van der Waals surface area contributed by atoms with Crippen molar-refractivity contribution in [3.8, 4) is 0 Å². The molecule has 0 fully saturated rings. The Morgan fingerprint density at radius 3 is 3.00 bits per heavy atom. The van der Waals surface area contributed by atoms with Crippen LogP contribution in [-0.4, -0.2) is 20.9 Å². The third-order valence-electron chi connectivity index (χ3n) is 3.84. The summed E-state index contributed by atoms with van der Waals surface area (Å²) >= 11 is 1.57. The molecule has 0 bridgehead atoms. The van der Waals surface area contributed by atoms with Crippen LogP contribution in [0.1, 0.15) is 33.8 Å². The molecule has 2 heterocycles. The quantitative estimate of drug-likeness (QED) is 0.677. The summed E-state index contributed by atoms with van der Waals surface area (Å²) < 4.78 is 0. The number of anilines is 2. The zero-order chi connectivity index (χ0) is 15.1. The van der Waals surface area contributed by atoms with Gasteiger partial charge in [0.15, 0.2) is 11.1 Å². The Balaban J connectivity index is 1.64. The number of nitrogens with one attached hydrogen (secondary N) is 2. The number of amides is 1. The van der Waals surface area contributed by atoms with E-state index >= 15 is 0 Å². The molecule has 0 saturated heterocycles. The molecule has 4 N–H and O–H groups in total. The molecule has 4 rings (SSSR count). The van der Waals surface area contributed by atoms with E-state index in [1.807, 2.05) is 12.1 Å². The topological polar surface area (TPSA) is 96.7 Å². The van der Waals surface area contributed by atoms with Crippen molar-refractivity contribution in [3.05, 3.63) is 34.3 Å². The molecule has 0 spiro atoms. The Kier molecular flexibility index (Phi) is 3.07.